The molecule has 1 aliphatic heterocycles. The Balaban J connectivity index is 1.38. The zero-order valence-electron chi connectivity index (χ0n) is 19.3. The van der Waals surface area contributed by atoms with Gasteiger partial charge in [0.2, 0.25) is 0 Å². The lowest BCUT2D eigenvalue weighted by Crippen LogP contribution is -2.31. The fourth-order valence-corrected chi connectivity index (χ4v) is 4.04. The minimum absolute atomic E-state index is 0.0333. The maximum Gasteiger partial charge on any atom is 0.342 e. The lowest BCUT2D eigenvalue weighted by molar-refractivity contribution is 0.199. The lowest BCUT2D eigenvalue weighted by Gasteiger charge is -2.23. The molecule has 2 heterocycles. The van der Waals surface area contributed by atoms with Gasteiger partial charge in [-0.05, 0) is 29.8 Å². The van der Waals surface area contributed by atoms with Gasteiger partial charge in [-0.25, -0.2) is 9.80 Å². The summed E-state index contributed by atoms with van der Waals surface area (Å²) in [7, 11) is 0. The fraction of sp³-hybridized carbons (Fsp3) is 0.107. The van der Waals surface area contributed by atoms with Crippen LogP contribution in [0.25, 0.3) is 0 Å². The van der Waals surface area contributed by atoms with E-state index >= 15 is 0 Å². The first-order chi connectivity index (χ1) is 17.6. The topological polar surface area (TPSA) is 107 Å². The van der Waals surface area contributed by atoms with Crippen LogP contribution in [0.4, 0.5) is 10.5 Å². The number of phenolic OH excluding ortho intramolecular Hbond substituents is 2. The van der Waals surface area contributed by atoms with Gasteiger partial charge in [-0.15, -0.1) is 0 Å². The zero-order valence-corrected chi connectivity index (χ0v) is 19.3. The number of phenols is 2. The number of aromatic hydroxyl groups is 2. The first-order valence-electron chi connectivity index (χ1n) is 11.4. The molecule has 36 heavy (non-hydrogen) atoms. The highest BCUT2D eigenvalue weighted by molar-refractivity contribution is 6.04. The van der Waals surface area contributed by atoms with Crippen LogP contribution in [-0.2, 0) is 6.61 Å². The Morgan fingerprint density at radius 3 is 2.56 bits per heavy atom. The minimum atomic E-state index is -0.507. The van der Waals surface area contributed by atoms with Gasteiger partial charge >= 0.3 is 6.03 Å². The van der Waals surface area contributed by atoms with Gasteiger partial charge in [0.05, 0.1) is 11.8 Å². The average molecular weight is 481 g/mol. The predicted octanol–water partition coefficient (Wildman–Crippen LogP) is 5.46. The van der Waals surface area contributed by atoms with Crippen LogP contribution in [0.2, 0.25) is 0 Å². The van der Waals surface area contributed by atoms with Gasteiger partial charge in [-0.1, -0.05) is 54.6 Å². The van der Waals surface area contributed by atoms with Crippen molar-refractivity contribution in [2.75, 3.05) is 5.32 Å². The monoisotopic (exact) mass is 480 g/mol. The van der Waals surface area contributed by atoms with Crippen LogP contribution in [0, 0.1) is 0 Å². The van der Waals surface area contributed by atoms with Crippen LogP contribution < -0.4 is 10.1 Å². The van der Waals surface area contributed by atoms with Crippen molar-refractivity contribution in [1.29, 1.82) is 0 Å². The molecule has 5 rings (SSSR count). The second-order valence-electron chi connectivity index (χ2n) is 8.30. The van der Waals surface area contributed by atoms with E-state index in [0.717, 1.165) is 11.1 Å². The molecule has 0 bridgehead atoms. The number of benzene rings is 3. The smallest absolute Gasteiger partial charge is 0.342 e. The van der Waals surface area contributed by atoms with E-state index in [0.29, 0.717) is 23.4 Å². The quantitative estimate of drug-likeness (QED) is 0.318. The number of aromatic nitrogens is 1. The molecule has 0 fully saturated rings. The number of amides is 2. The van der Waals surface area contributed by atoms with Gasteiger partial charge in [0.1, 0.15) is 12.4 Å². The van der Waals surface area contributed by atoms with Crippen LogP contribution in [0.1, 0.15) is 29.2 Å². The van der Waals surface area contributed by atoms with Crippen molar-refractivity contribution >= 4 is 17.4 Å². The summed E-state index contributed by atoms with van der Waals surface area (Å²) in [6.45, 7) is 0.270. The molecule has 0 radical (unpaired) electrons. The highest BCUT2D eigenvalue weighted by Gasteiger charge is 2.34. The second kappa shape index (κ2) is 10.2. The first kappa shape index (κ1) is 22.9. The SMILES string of the molecule is O=C(Nc1ccc(O)c(OCc2ccccc2)c1)N1N=C(c2cccnc2)CC1c1ccccc1O. The molecule has 0 aliphatic carbocycles. The summed E-state index contributed by atoms with van der Waals surface area (Å²) in [6, 6.07) is 23.8. The maximum absolute atomic E-state index is 13.4. The highest BCUT2D eigenvalue weighted by atomic mass is 16.5. The third kappa shape index (κ3) is 4.97. The van der Waals surface area contributed by atoms with E-state index in [1.807, 2.05) is 48.5 Å². The van der Waals surface area contributed by atoms with Gasteiger partial charge in [0, 0.05) is 41.7 Å². The number of nitrogens with one attached hydrogen (secondary N) is 1. The number of carbonyl (C=O) groups is 1. The molecule has 8 heteroatoms. The molecule has 1 atom stereocenters. The molecular weight excluding hydrogens is 456 g/mol. The molecule has 1 aromatic heterocycles. The van der Waals surface area contributed by atoms with Crippen molar-refractivity contribution in [3.05, 3.63) is 114 Å². The van der Waals surface area contributed by atoms with E-state index < -0.39 is 12.1 Å². The predicted molar refractivity (Wildman–Crippen MR) is 136 cm³/mol. The van der Waals surface area contributed by atoms with Gasteiger partial charge in [-0.3, -0.25) is 4.98 Å². The number of urea groups is 1. The van der Waals surface area contributed by atoms with E-state index in [4.69, 9.17) is 4.74 Å². The Bertz CT molecular complexity index is 1390. The molecular formula is C28H24N4O4. The number of pyridine rings is 1. The summed E-state index contributed by atoms with van der Waals surface area (Å²) < 4.78 is 5.77. The maximum atomic E-state index is 13.4. The molecule has 1 aliphatic rings. The average Bonchev–Trinajstić information content (AvgIpc) is 3.36. The number of nitrogens with zero attached hydrogens (tertiary/aromatic N) is 3. The Morgan fingerprint density at radius 1 is 0.972 bits per heavy atom. The van der Waals surface area contributed by atoms with E-state index in [1.54, 1.807) is 42.7 Å². The number of hydrogen-bond donors (Lipinski definition) is 3. The van der Waals surface area contributed by atoms with Crippen LogP contribution in [0.15, 0.2) is 102 Å². The number of ether oxygens (including phenoxy) is 1. The molecule has 180 valence electrons. The number of carbonyl (C=O) groups excluding carboxylic acids is 1. The Labute approximate surface area is 208 Å². The molecule has 0 saturated carbocycles. The Hall–Kier alpha value is -4.85. The summed E-state index contributed by atoms with van der Waals surface area (Å²) in [4.78, 5) is 17.5. The number of rotatable bonds is 6. The first-order valence-corrected chi connectivity index (χ1v) is 11.4. The Morgan fingerprint density at radius 2 is 1.78 bits per heavy atom. The van der Waals surface area contributed by atoms with E-state index in [9.17, 15) is 15.0 Å². The van der Waals surface area contributed by atoms with Crippen LogP contribution >= 0.6 is 0 Å². The number of anilines is 1. The van der Waals surface area contributed by atoms with Crippen molar-refractivity contribution in [2.45, 2.75) is 19.1 Å². The molecule has 0 saturated heterocycles. The Kier molecular flexibility index (Phi) is 6.48. The van der Waals surface area contributed by atoms with Crippen LogP contribution in [0.3, 0.4) is 0 Å². The molecule has 1 unspecified atom stereocenters. The highest BCUT2D eigenvalue weighted by Crippen LogP contribution is 2.37. The number of hydrogen-bond acceptors (Lipinski definition) is 6. The fourth-order valence-electron chi connectivity index (χ4n) is 4.04. The van der Waals surface area contributed by atoms with Crippen LogP contribution in [-0.4, -0.2) is 31.9 Å². The van der Waals surface area contributed by atoms with Crippen molar-refractivity contribution in [2.24, 2.45) is 5.10 Å². The molecule has 3 aromatic carbocycles. The number of para-hydroxylation sites is 1. The zero-order chi connectivity index (χ0) is 24.9. The van der Waals surface area contributed by atoms with E-state index in [1.165, 1.54) is 11.1 Å². The molecule has 3 N–H and O–H groups in total. The third-order valence-electron chi connectivity index (χ3n) is 5.86. The second-order valence-corrected chi connectivity index (χ2v) is 8.30. The summed E-state index contributed by atoms with van der Waals surface area (Å²) in [6.07, 6.45) is 3.78. The summed E-state index contributed by atoms with van der Waals surface area (Å²) in [5, 5.41) is 29.4. The van der Waals surface area contributed by atoms with Crippen molar-refractivity contribution < 1.29 is 19.7 Å². The summed E-state index contributed by atoms with van der Waals surface area (Å²) >= 11 is 0. The van der Waals surface area contributed by atoms with Gasteiger partial charge in [-0.2, -0.15) is 5.10 Å². The molecule has 8 nitrogen and oxygen atoms in total. The van der Waals surface area contributed by atoms with Gasteiger partial charge < -0.3 is 20.3 Å². The standard InChI is InChI=1S/C28H24N4O4/c33-25-11-5-4-10-22(25)24-16-23(20-9-6-14-29-17-20)31-32(24)28(35)30-21-12-13-26(34)27(15-21)36-18-19-7-2-1-3-8-19/h1-15,17,24,33-34H,16,18H2,(H,30,35). The van der Waals surface area contributed by atoms with E-state index in [-0.39, 0.29) is 23.9 Å². The van der Waals surface area contributed by atoms with Gasteiger partial charge in [0.25, 0.3) is 0 Å². The van der Waals surface area contributed by atoms with Crippen LogP contribution in [0.5, 0.6) is 17.2 Å². The van der Waals surface area contributed by atoms with Crippen molar-refractivity contribution in [1.82, 2.24) is 9.99 Å². The van der Waals surface area contributed by atoms with E-state index in [2.05, 4.69) is 15.4 Å². The minimum Gasteiger partial charge on any atom is -0.508 e. The summed E-state index contributed by atoms with van der Waals surface area (Å²) in [5.41, 5.74) is 3.46. The largest absolute Gasteiger partial charge is 0.508 e. The van der Waals surface area contributed by atoms with Gasteiger partial charge in [0.15, 0.2) is 11.5 Å². The normalized spacial score (nSPS) is 14.8. The van der Waals surface area contributed by atoms with Crippen molar-refractivity contribution in [3.63, 3.8) is 0 Å². The van der Waals surface area contributed by atoms with Crippen molar-refractivity contribution in [3.8, 4) is 17.2 Å². The molecule has 0 spiro atoms. The number of hydrazone groups is 1. The summed E-state index contributed by atoms with van der Waals surface area (Å²) in [5.74, 6) is 0.299. The molecule has 2 amide bonds. The molecule has 4 aromatic rings. The lowest BCUT2D eigenvalue weighted by atomic mass is 9.98. The third-order valence-corrected chi connectivity index (χ3v) is 5.86.